The normalized spacial score (nSPS) is 11.3. The van der Waals surface area contributed by atoms with Gasteiger partial charge in [-0.15, -0.1) is 0 Å². The van der Waals surface area contributed by atoms with Crippen LogP contribution >= 0.6 is 31.9 Å². The summed E-state index contributed by atoms with van der Waals surface area (Å²) in [4.78, 5) is 12.8. The maximum absolute atomic E-state index is 12.8. The first-order valence-corrected chi connectivity index (χ1v) is 12.9. The van der Waals surface area contributed by atoms with E-state index in [-0.39, 0.29) is 5.97 Å². The standard InChI is InChI=1S/C28H28Br2NO3/c1-7-31(8-2)25-17(5)27-21(14-23(25)30)24(18-11-9-10-12-19(18)28(32)33-6)20-13-22(29)15(3)16(4)26(20)34-27/h9-14H,7-8H2,1-6H3/q+1. The number of carbonyl (C=O) groups is 1. The molecule has 1 heterocycles. The van der Waals surface area contributed by atoms with Crippen LogP contribution in [0.15, 0.2) is 49.8 Å². The molecule has 4 nitrogen and oxygen atoms in total. The summed E-state index contributed by atoms with van der Waals surface area (Å²) in [5.74, 6) is 0.452. The number of halogens is 2. The molecule has 4 rings (SSSR count). The fraction of sp³-hybridized carbons (Fsp3) is 0.286. The van der Waals surface area contributed by atoms with E-state index < -0.39 is 0 Å². The second-order valence-electron chi connectivity index (χ2n) is 8.38. The van der Waals surface area contributed by atoms with Crippen LogP contribution in [-0.2, 0) is 4.74 Å². The Bertz CT molecular complexity index is 1480. The summed E-state index contributed by atoms with van der Waals surface area (Å²) in [6.07, 6.45) is 0. The van der Waals surface area contributed by atoms with Crippen molar-refractivity contribution in [2.45, 2.75) is 34.6 Å². The molecule has 2 aromatic rings. The molecule has 176 valence electrons. The van der Waals surface area contributed by atoms with E-state index in [0.29, 0.717) is 5.56 Å². The molecule has 1 aliphatic heterocycles. The molecule has 2 aliphatic rings. The van der Waals surface area contributed by atoms with Crippen molar-refractivity contribution < 1.29 is 13.9 Å². The third-order valence-corrected chi connectivity index (χ3v) is 8.07. The maximum atomic E-state index is 12.8. The van der Waals surface area contributed by atoms with E-state index in [2.05, 4.69) is 83.2 Å². The quantitative estimate of drug-likeness (QED) is 0.144. The van der Waals surface area contributed by atoms with Gasteiger partial charge in [0.25, 0.3) is 0 Å². The van der Waals surface area contributed by atoms with Crippen molar-refractivity contribution in [3.05, 3.63) is 73.0 Å². The molecule has 0 amide bonds. The first kappa shape index (κ1) is 24.7. The maximum Gasteiger partial charge on any atom is 0.338 e. The van der Waals surface area contributed by atoms with Gasteiger partial charge in [0.15, 0.2) is 0 Å². The number of aryl methyl sites for hydroxylation is 1. The summed E-state index contributed by atoms with van der Waals surface area (Å²) in [5, 5.41) is 2.07. The zero-order chi connectivity index (χ0) is 24.7. The van der Waals surface area contributed by atoms with Crippen molar-refractivity contribution in [1.82, 2.24) is 4.58 Å². The van der Waals surface area contributed by atoms with Gasteiger partial charge in [-0.2, -0.15) is 0 Å². The lowest BCUT2D eigenvalue weighted by Crippen LogP contribution is -2.33. The van der Waals surface area contributed by atoms with Gasteiger partial charge in [-0.1, -0.05) is 34.1 Å². The minimum atomic E-state index is -0.365. The molecule has 0 atom stereocenters. The number of nitrogens with zero attached hydrogens (tertiary/aromatic N) is 1. The summed E-state index contributed by atoms with van der Waals surface area (Å²) >= 11 is 7.57. The molecule has 0 saturated carbocycles. The van der Waals surface area contributed by atoms with Gasteiger partial charge in [0.2, 0.25) is 5.36 Å². The molecule has 0 fully saturated rings. The van der Waals surface area contributed by atoms with Crippen molar-refractivity contribution >= 4 is 48.8 Å². The average Bonchev–Trinajstić information content (AvgIpc) is 2.84. The van der Waals surface area contributed by atoms with Gasteiger partial charge in [0, 0.05) is 21.0 Å². The zero-order valence-corrected chi connectivity index (χ0v) is 23.5. The first-order chi connectivity index (χ1) is 16.2. The van der Waals surface area contributed by atoms with Crippen LogP contribution in [0.25, 0.3) is 33.4 Å². The Kier molecular flexibility index (Phi) is 7.02. The van der Waals surface area contributed by atoms with Crippen LogP contribution in [0.4, 0.5) is 0 Å². The van der Waals surface area contributed by atoms with Gasteiger partial charge in [-0.3, -0.25) is 0 Å². The van der Waals surface area contributed by atoms with Gasteiger partial charge in [-0.05, 0) is 85.4 Å². The molecule has 0 unspecified atom stereocenters. The van der Waals surface area contributed by atoms with Crippen LogP contribution in [0.1, 0.15) is 40.9 Å². The predicted octanol–water partition coefficient (Wildman–Crippen LogP) is 7.25. The van der Waals surface area contributed by atoms with E-state index in [1.807, 2.05) is 24.3 Å². The van der Waals surface area contributed by atoms with E-state index in [0.717, 1.165) is 77.5 Å². The minimum absolute atomic E-state index is 0.365. The summed E-state index contributed by atoms with van der Waals surface area (Å²) in [7, 11) is 1.41. The highest BCUT2D eigenvalue weighted by molar-refractivity contribution is 9.10. The molecule has 0 radical (unpaired) electrons. The number of benzene rings is 3. The molecule has 2 aromatic carbocycles. The Hall–Kier alpha value is -2.44. The summed E-state index contributed by atoms with van der Waals surface area (Å²) < 4.78 is 16.1. The summed E-state index contributed by atoms with van der Waals surface area (Å²) in [5.41, 5.74) is 7.31. The van der Waals surface area contributed by atoms with Crippen LogP contribution in [0.2, 0.25) is 0 Å². The molecule has 0 bridgehead atoms. The molecule has 1 aliphatic carbocycles. The van der Waals surface area contributed by atoms with Crippen molar-refractivity contribution in [1.29, 1.82) is 0 Å². The van der Waals surface area contributed by atoms with Gasteiger partial charge in [0.1, 0.15) is 24.4 Å². The second-order valence-corrected chi connectivity index (χ2v) is 10.1. The van der Waals surface area contributed by atoms with Crippen LogP contribution in [-0.4, -0.2) is 26.2 Å². The number of hydrogen-bond donors (Lipinski definition) is 0. The van der Waals surface area contributed by atoms with Gasteiger partial charge < -0.3 is 9.15 Å². The van der Waals surface area contributed by atoms with Crippen LogP contribution in [0, 0.1) is 20.8 Å². The number of methoxy groups -OCH3 is 1. The highest BCUT2D eigenvalue weighted by atomic mass is 79.9. The van der Waals surface area contributed by atoms with Crippen molar-refractivity contribution in [2.24, 2.45) is 0 Å². The molecular weight excluding hydrogens is 558 g/mol. The van der Waals surface area contributed by atoms with Crippen LogP contribution in [0.5, 0.6) is 0 Å². The predicted molar refractivity (Wildman–Crippen MR) is 146 cm³/mol. The number of hydrogen-bond acceptors (Lipinski definition) is 3. The number of esters is 1. The molecular formula is C28H28Br2NO3+. The van der Waals surface area contributed by atoms with Gasteiger partial charge >= 0.3 is 5.97 Å². The third-order valence-electron chi connectivity index (χ3n) is 6.64. The lowest BCUT2D eigenvalue weighted by Gasteiger charge is -2.21. The summed E-state index contributed by atoms with van der Waals surface area (Å²) in [6.45, 7) is 12.3. The number of fused-ring (bicyclic) bond motifs is 2. The van der Waals surface area contributed by atoms with E-state index in [9.17, 15) is 4.79 Å². The molecule has 0 spiro atoms. The summed E-state index contributed by atoms with van der Waals surface area (Å²) in [6, 6.07) is 11.8. The molecule has 0 aromatic heterocycles. The van der Waals surface area contributed by atoms with E-state index in [1.54, 1.807) is 0 Å². The topological polar surface area (TPSA) is 42.5 Å². The van der Waals surface area contributed by atoms with Crippen molar-refractivity contribution in [3.8, 4) is 22.5 Å². The number of rotatable bonds is 4. The average molecular weight is 586 g/mol. The lowest BCUT2D eigenvalue weighted by atomic mass is 9.88. The lowest BCUT2D eigenvalue weighted by molar-refractivity contribution is 0.0601. The first-order valence-electron chi connectivity index (χ1n) is 11.4. The monoisotopic (exact) mass is 584 g/mol. The molecule has 0 saturated heterocycles. The van der Waals surface area contributed by atoms with Crippen LogP contribution in [0.3, 0.4) is 0 Å². The van der Waals surface area contributed by atoms with Crippen molar-refractivity contribution in [3.63, 3.8) is 0 Å². The largest absolute Gasteiger partial charge is 0.465 e. The molecule has 6 heteroatoms. The smallest absolute Gasteiger partial charge is 0.338 e. The van der Waals surface area contributed by atoms with E-state index in [4.69, 9.17) is 9.15 Å². The Labute approximate surface area is 216 Å². The molecule has 0 N–H and O–H groups in total. The fourth-order valence-corrected chi connectivity index (χ4v) is 5.99. The highest BCUT2D eigenvalue weighted by Gasteiger charge is 2.27. The zero-order valence-electron chi connectivity index (χ0n) is 20.3. The van der Waals surface area contributed by atoms with E-state index in [1.165, 1.54) is 7.11 Å². The Morgan fingerprint density at radius 3 is 2.26 bits per heavy atom. The van der Waals surface area contributed by atoms with E-state index >= 15 is 0 Å². The van der Waals surface area contributed by atoms with Crippen molar-refractivity contribution in [2.75, 3.05) is 20.2 Å². The fourth-order valence-electron chi connectivity index (χ4n) is 4.69. The number of carbonyl (C=O) groups excluding carboxylic acids is 1. The SMILES string of the molecule is CC[N+](CC)=c1c(Br)cc2c(-c3ccccc3C(=O)OC)c3cc(Br)c(C)c(C)c3oc-2c1C. The number of ether oxygens (including phenoxy) is 1. The van der Waals surface area contributed by atoms with Crippen LogP contribution < -0.4 is 9.93 Å². The molecule has 34 heavy (non-hydrogen) atoms. The van der Waals surface area contributed by atoms with Gasteiger partial charge in [-0.25, -0.2) is 9.37 Å². The highest BCUT2D eigenvalue weighted by Crippen LogP contribution is 2.45. The third kappa shape index (κ3) is 3.91. The van der Waals surface area contributed by atoms with Gasteiger partial charge in [0.05, 0.1) is 22.7 Å². The Morgan fingerprint density at radius 2 is 1.62 bits per heavy atom. The minimum Gasteiger partial charge on any atom is -0.465 e. The Balaban J connectivity index is 2.32. The Morgan fingerprint density at radius 1 is 0.941 bits per heavy atom. The second kappa shape index (κ2) is 9.67.